The van der Waals surface area contributed by atoms with Gasteiger partial charge in [-0.15, -0.1) is 0 Å². The van der Waals surface area contributed by atoms with Crippen LogP contribution in [0.3, 0.4) is 0 Å². The molecule has 2 rings (SSSR count). The lowest BCUT2D eigenvalue weighted by molar-refractivity contribution is 0.169. The van der Waals surface area contributed by atoms with Gasteiger partial charge in [0.1, 0.15) is 19.4 Å². The van der Waals surface area contributed by atoms with Gasteiger partial charge in [-0.05, 0) is 43.5 Å². The molecule has 2 atom stereocenters. The predicted molar refractivity (Wildman–Crippen MR) is 62.3 cm³/mol. The summed E-state index contributed by atoms with van der Waals surface area (Å²) in [6.07, 6.45) is -1.17. The van der Waals surface area contributed by atoms with Crippen LogP contribution in [0.25, 0.3) is 0 Å². The third-order valence-corrected chi connectivity index (χ3v) is 2.75. The van der Waals surface area contributed by atoms with Crippen LogP contribution >= 0.6 is 0 Å². The van der Waals surface area contributed by atoms with Gasteiger partial charge in [-0.1, -0.05) is 0 Å². The molecule has 0 saturated heterocycles. The van der Waals surface area contributed by atoms with E-state index in [1.165, 1.54) is 6.92 Å². The van der Waals surface area contributed by atoms with Crippen LogP contribution < -0.4 is 9.47 Å². The summed E-state index contributed by atoms with van der Waals surface area (Å²) in [4.78, 5) is 0. The van der Waals surface area contributed by atoms with Crippen molar-refractivity contribution >= 4 is 0 Å². The smallest absolute Gasteiger partial charge is 0.161 e. The average molecular weight is 240 g/mol. The average Bonchev–Trinajstić information content (AvgIpc) is 2.27. The van der Waals surface area contributed by atoms with Crippen LogP contribution in [0.15, 0.2) is 12.1 Å². The minimum Gasteiger partial charge on any atom is -0.486 e. The first kappa shape index (κ1) is 12.2. The zero-order valence-corrected chi connectivity index (χ0v) is 10.1. The molecule has 0 bridgehead atoms. The summed E-state index contributed by atoms with van der Waals surface area (Å²) >= 11 is 0. The first-order valence-electron chi connectivity index (χ1n) is 5.82. The number of ether oxygens (including phenoxy) is 2. The number of hydrogen-bond acceptors (Lipinski definition) is 3. The van der Waals surface area contributed by atoms with E-state index in [-0.39, 0.29) is 0 Å². The van der Waals surface area contributed by atoms with E-state index in [9.17, 15) is 9.50 Å². The quantitative estimate of drug-likeness (QED) is 0.881. The highest BCUT2D eigenvalue weighted by Gasteiger charge is 2.19. The fourth-order valence-electron chi connectivity index (χ4n) is 2.01. The van der Waals surface area contributed by atoms with Gasteiger partial charge in [-0.3, -0.25) is 0 Å². The molecule has 0 amide bonds. The lowest BCUT2D eigenvalue weighted by atomic mass is 9.98. The Morgan fingerprint density at radius 1 is 1.24 bits per heavy atom. The van der Waals surface area contributed by atoms with Gasteiger partial charge in [-0.2, -0.15) is 0 Å². The maximum Gasteiger partial charge on any atom is 0.161 e. The lowest BCUT2D eigenvalue weighted by Gasteiger charge is -2.22. The van der Waals surface area contributed by atoms with E-state index in [1.54, 1.807) is 19.1 Å². The number of aliphatic hydroxyl groups excluding tert-OH is 1. The van der Waals surface area contributed by atoms with Gasteiger partial charge in [-0.25, -0.2) is 4.39 Å². The Bertz CT molecular complexity index is 402. The van der Waals surface area contributed by atoms with E-state index in [0.29, 0.717) is 36.7 Å². The van der Waals surface area contributed by atoms with E-state index in [0.717, 1.165) is 5.56 Å². The zero-order chi connectivity index (χ0) is 12.4. The molecule has 0 spiro atoms. The number of halogens is 1. The molecule has 1 heterocycles. The van der Waals surface area contributed by atoms with Crippen LogP contribution in [-0.4, -0.2) is 24.4 Å². The number of fused-ring (bicyclic) bond motifs is 1. The molecule has 3 nitrogen and oxygen atoms in total. The van der Waals surface area contributed by atoms with Gasteiger partial charge in [0, 0.05) is 0 Å². The van der Waals surface area contributed by atoms with E-state index in [4.69, 9.17) is 9.47 Å². The van der Waals surface area contributed by atoms with Gasteiger partial charge in [0.05, 0.1) is 6.10 Å². The molecule has 2 unspecified atom stereocenters. The number of alkyl halides is 1. The molecular formula is C13H17FO3. The molecule has 0 radical (unpaired) electrons. The molecule has 1 aliphatic rings. The van der Waals surface area contributed by atoms with Crippen molar-refractivity contribution < 1.29 is 19.0 Å². The lowest BCUT2D eigenvalue weighted by Crippen LogP contribution is -2.17. The molecule has 94 valence electrons. The zero-order valence-electron chi connectivity index (χ0n) is 10.1. The normalized spacial score (nSPS) is 17.6. The van der Waals surface area contributed by atoms with Gasteiger partial charge >= 0.3 is 0 Å². The van der Waals surface area contributed by atoms with Crippen molar-refractivity contribution in [2.24, 2.45) is 0 Å². The number of hydrogen-bond donors (Lipinski definition) is 1. The Balaban J connectivity index is 2.40. The highest BCUT2D eigenvalue weighted by molar-refractivity contribution is 5.49. The van der Waals surface area contributed by atoms with Gasteiger partial charge in [0.25, 0.3) is 0 Å². The first-order valence-corrected chi connectivity index (χ1v) is 5.82. The fraction of sp³-hybridized carbons (Fsp3) is 0.538. The van der Waals surface area contributed by atoms with Crippen LogP contribution in [0, 0.1) is 0 Å². The Labute approximate surface area is 100 Å². The van der Waals surface area contributed by atoms with Crippen molar-refractivity contribution in [2.75, 3.05) is 13.2 Å². The Kier molecular flexibility index (Phi) is 3.52. The summed E-state index contributed by atoms with van der Waals surface area (Å²) in [5.41, 5.74) is 1.34. The minimum absolute atomic E-state index is 0.417. The van der Waals surface area contributed by atoms with Crippen molar-refractivity contribution in [2.45, 2.75) is 32.5 Å². The van der Waals surface area contributed by atoms with Crippen LogP contribution in [0.2, 0.25) is 0 Å². The summed E-state index contributed by atoms with van der Waals surface area (Å²) in [7, 11) is 0. The third-order valence-electron chi connectivity index (χ3n) is 2.75. The maximum atomic E-state index is 13.5. The second-order valence-electron chi connectivity index (χ2n) is 4.36. The van der Waals surface area contributed by atoms with E-state index >= 15 is 0 Å². The first-order chi connectivity index (χ1) is 8.08. The van der Waals surface area contributed by atoms with Crippen LogP contribution in [-0.2, 0) is 6.42 Å². The number of aliphatic hydroxyl groups is 1. The van der Waals surface area contributed by atoms with Gasteiger partial charge < -0.3 is 14.6 Å². The molecule has 0 fully saturated rings. The predicted octanol–water partition coefficient (Wildman–Crippen LogP) is 2.41. The number of rotatable bonds is 3. The van der Waals surface area contributed by atoms with Gasteiger partial charge in [0.15, 0.2) is 11.5 Å². The second kappa shape index (κ2) is 4.92. The molecular weight excluding hydrogens is 223 g/mol. The highest BCUT2D eigenvalue weighted by atomic mass is 19.1. The van der Waals surface area contributed by atoms with E-state index in [2.05, 4.69) is 0 Å². The van der Waals surface area contributed by atoms with Crippen molar-refractivity contribution in [3.8, 4) is 11.5 Å². The van der Waals surface area contributed by atoms with Crippen molar-refractivity contribution in [1.29, 1.82) is 0 Å². The monoisotopic (exact) mass is 240 g/mol. The molecule has 0 saturated carbocycles. The molecule has 1 aromatic carbocycles. The molecule has 17 heavy (non-hydrogen) atoms. The summed E-state index contributed by atoms with van der Waals surface area (Å²) < 4.78 is 24.4. The van der Waals surface area contributed by atoms with Crippen LogP contribution in [0.4, 0.5) is 4.39 Å². The van der Waals surface area contributed by atoms with Crippen LogP contribution in [0.5, 0.6) is 11.5 Å². The minimum atomic E-state index is -1.08. The van der Waals surface area contributed by atoms with E-state index < -0.39 is 12.3 Å². The topological polar surface area (TPSA) is 38.7 Å². The maximum absolute atomic E-state index is 13.5. The second-order valence-corrected chi connectivity index (χ2v) is 4.36. The summed E-state index contributed by atoms with van der Waals surface area (Å²) in [5.74, 6) is 1.22. The van der Waals surface area contributed by atoms with Crippen molar-refractivity contribution in [1.82, 2.24) is 0 Å². The molecule has 0 aromatic heterocycles. The molecule has 1 aromatic rings. The Morgan fingerprint density at radius 3 is 2.35 bits per heavy atom. The summed E-state index contributed by atoms with van der Waals surface area (Å²) in [6, 6.07) is 3.45. The SMILES string of the molecule is CC(O)Cc1cc2c(cc1C(C)F)OCCO2. The molecule has 0 aliphatic carbocycles. The van der Waals surface area contributed by atoms with Crippen molar-refractivity contribution in [3.05, 3.63) is 23.3 Å². The molecule has 1 aliphatic heterocycles. The summed E-state index contributed by atoms with van der Waals surface area (Å²) in [6.45, 7) is 4.16. The largest absolute Gasteiger partial charge is 0.486 e. The van der Waals surface area contributed by atoms with Crippen molar-refractivity contribution in [3.63, 3.8) is 0 Å². The highest BCUT2D eigenvalue weighted by Crippen LogP contribution is 2.36. The standard InChI is InChI=1S/C13H17FO3/c1-8(15)5-10-6-12-13(17-4-3-16-12)7-11(10)9(2)14/h6-9,15H,3-5H2,1-2H3. The number of benzene rings is 1. The van der Waals surface area contributed by atoms with Crippen LogP contribution in [0.1, 0.15) is 31.1 Å². The Hall–Kier alpha value is -1.29. The molecule has 1 N–H and O–H groups in total. The molecule has 4 heteroatoms. The Morgan fingerprint density at radius 2 is 1.82 bits per heavy atom. The fourth-order valence-corrected chi connectivity index (χ4v) is 2.01. The third kappa shape index (κ3) is 2.69. The van der Waals surface area contributed by atoms with E-state index in [1.807, 2.05) is 0 Å². The summed E-state index contributed by atoms with van der Waals surface area (Å²) in [5, 5.41) is 9.42. The van der Waals surface area contributed by atoms with Gasteiger partial charge in [0.2, 0.25) is 0 Å².